The third kappa shape index (κ3) is 2.79. The molecule has 0 radical (unpaired) electrons. The van der Waals surface area contributed by atoms with Gasteiger partial charge >= 0.3 is 0 Å². The molecule has 1 fully saturated rings. The van der Waals surface area contributed by atoms with Crippen molar-refractivity contribution in [1.29, 1.82) is 0 Å². The zero-order chi connectivity index (χ0) is 13.2. The van der Waals surface area contributed by atoms with Gasteiger partial charge in [-0.15, -0.1) is 0 Å². The molecule has 0 spiro atoms. The van der Waals surface area contributed by atoms with Gasteiger partial charge in [0.05, 0.1) is 18.8 Å². The first-order valence-electron chi connectivity index (χ1n) is 6.38. The van der Waals surface area contributed by atoms with Crippen LogP contribution in [0.2, 0.25) is 5.02 Å². The van der Waals surface area contributed by atoms with E-state index in [1.807, 2.05) is 12.1 Å². The van der Waals surface area contributed by atoms with E-state index in [1.165, 1.54) is 11.3 Å². The molecule has 0 aromatic heterocycles. The number of hydrogen-bond acceptors (Lipinski definition) is 3. The highest BCUT2D eigenvalue weighted by Crippen LogP contribution is 2.31. The molecule has 1 aliphatic heterocycles. The molecule has 0 aliphatic carbocycles. The third-order valence-corrected chi connectivity index (χ3v) is 3.63. The van der Waals surface area contributed by atoms with Crippen LogP contribution in [0.3, 0.4) is 0 Å². The van der Waals surface area contributed by atoms with E-state index >= 15 is 0 Å². The first kappa shape index (κ1) is 13.7. The number of morpholine rings is 1. The van der Waals surface area contributed by atoms with Gasteiger partial charge in [0.2, 0.25) is 0 Å². The number of hydrogen-bond donors (Lipinski definition) is 1. The van der Waals surface area contributed by atoms with E-state index in [4.69, 9.17) is 22.1 Å². The van der Waals surface area contributed by atoms with Gasteiger partial charge in [-0.25, -0.2) is 0 Å². The minimum atomic E-state index is 0.00935. The maximum atomic E-state index is 6.08. The first-order chi connectivity index (χ1) is 8.54. The molecule has 100 valence electrons. The Morgan fingerprint density at radius 2 is 2.22 bits per heavy atom. The van der Waals surface area contributed by atoms with Crippen molar-refractivity contribution in [3.8, 4) is 0 Å². The normalized spacial score (nSPS) is 19.0. The summed E-state index contributed by atoms with van der Waals surface area (Å²) < 4.78 is 5.57. The molecule has 3 nitrogen and oxygen atoms in total. The summed E-state index contributed by atoms with van der Waals surface area (Å²) in [7, 11) is 0. The van der Waals surface area contributed by atoms with Crippen molar-refractivity contribution in [2.45, 2.75) is 25.8 Å². The Hall–Kier alpha value is -0.770. The van der Waals surface area contributed by atoms with Crippen LogP contribution in [0.15, 0.2) is 18.2 Å². The summed E-state index contributed by atoms with van der Waals surface area (Å²) >= 11 is 6.08. The SMILES string of the molecule is CC1(C)COCCN1c1ccc(Cl)cc1CCN. The average Bonchev–Trinajstić information content (AvgIpc) is 2.30. The van der Waals surface area contributed by atoms with Crippen LogP contribution < -0.4 is 10.6 Å². The molecule has 2 N–H and O–H groups in total. The highest BCUT2D eigenvalue weighted by molar-refractivity contribution is 6.30. The summed E-state index contributed by atoms with van der Waals surface area (Å²) in [4.78, 5) is 2.40. The van der Waals surface area contributed by atoms with E-state index in [2.05, 4.69) is 24.8 Å². The summed E-state index contributed by atoms with van der Waals surface area (Å²) in [5.41, 5.74) is 8.16. The average molecular weight is 269 g/mol. The largest absolute Gasteiger partial charge is 0.377 e. The van der Waals surface area contributed by atoms with Crippen molar-refractivity contribution >= 4 is 17.3 Å². The zero-order valence-electron chi connectivity index (χ0n) is 11.1. The van der Waals surface area contributed by atoms with Gasteiger partial charge in [0.25, 0.3) is 0 Å². The van der Waals surface area contributed by atoms with E-state index in [0.29, 0.717) is 6.54 Å². The summed E-state index contributed by atoms with van der Waals surface area (Å²) in [5, 5.41) is 0.772. The van der Waals surface area contributed by atoms with Crippen LogP contribution in [0, 0.1) is 0 Å². The topological polar surface area (TPSA) is 38.5 Å². The maximum absolute atomic E-state index is 6.08. The predicted octanol–water partition coefficient (Wildman–Crippen LogP) is 2.46. The van der Waals surface area contributed by atoms with Crippen molar-refractivity contribution in [3.63, 3.8) is 0 Å². The molecule has 0 unspecified atom stereocenters. The van der Waals surface area contributed by atoms with Crippen molar-refractivity contribution < 1.29 is 4.74 Å². The number of rotatable bonds is 3. The van der Waals surface area contributed by atoms with Crippen molar-refractivity contribution in [3.05, 3.63) is 28.8 Å². The Balaban J connectivity index is 2.36. The molecule has 1 aromatic rings. The number of ether oxygens (including phenoxy) is 1. The minimum absolute atomic E-state index is 0.00935. The Morgan fingerprint density at radius 1 is 1.44 bits per heavy atom. The fraction of sp³-hybridized carbons (Fsp3) is 0.571. The lowest BCUT2D eigenvalue weighted by molar-refractivity contribution is 0.0643. The molecule has 0 amide bonds. The number of anilines is 1. The van der Waals surface area contributed by atoms with Crippen LogP contribution in [0.25, 0.3) is 0 Å². The first-order valence-corrected chi connectivity index (χ1v) is 6.76. The number of nitrogens with two attached hydrogens (primary N) is 1. The maximum Gasteiger partial charge on any atom is 0.0694 e. The molecule has 1 aliphatic rings. The molecule has 4 heteroatoms. The Kier molecular flexibility index (Phi) is 4.15. The van der Waals surface area contributed by atoms with Gasteiger partial charge in [0.1, 0.15) is 0 Å². The fourth-order valence-corrected chi connectivity index (χ4v) is 2.67. The Bertz CT molecular complexity index is 420. The summed E-state index contributed by atoms with van der Waals surface area (Å²) in [6, 6.07) is 6.07. The van der Waals surface area contributed by atoms with Crippen LogP contribution in [-0.2, 0) is 11.2 Å². The number of halogens is 1. The van der Waals surface area contributed by atoms with Gasteiger partial charge < -0.3 is 15.4 Å². The molecular formula is C14H21ClN2O. The number of benzene rings is 1. The summed E-state index contributed by atoms with van der Waals surface area (Å²) in [6.45, 7) is 7.47. The molecule has 0 bridgehead atoms. The highest BCUT2D eigenvalue weighted by atomic mass is 35.5. The van der Waals surface area contributed by atoms with Gasteiger partial charge in [-0.05, 0) is 50.6 Å². The van der Waals surface area contributed by atoms with Gasteiger partial charge in [0, 0.05) is 17.3 Å². The van der Waals surface area contributed by atoms with E-state index in [0.717, 1.165) is 31.2 Å². The van der Waals surface area contributed by atoms with E-state index in [-0.39, 0.29) is 5.54 Å². The highest BCUT2D eigenvalue weighted by Gasteiger charge is 2.31. The van der Waals surface area contributed by atoms with Crippen molar-refractivity contribution in [1.82, 2.24) is 0 Å². The smallest absolute Gasteiger partial charge is 0.0694 e. The van der Waals surface area contributed by atoms with Gasteiger partial charge in [0.15, 0.2) is 0 Å². The molecule has 1 heterocycles. The minimum Gasteiger partial charge on any atom is -0.377 e. The number of nitrogens with zero attached hydrogens (tertiary/aromatic N) is 1. The fourth-order valence-electron chi connectivity index (χ4n) is 2.48. The molecule has 0 atom stereocenters. The lowest BCUT2D eigenvalue weighted by atomic mass is 9.98. The predicted molar refractivity (Wildman–Crippen MR) is 76.5 cm³/mol. The van der Waals surface area contributed by atoms with Crippen molar-refractivity contribution in [2.75, 3.05) is 31.2 Å². The van der Waals surface area contributed by atoms with Crippen molar-refractivity contribution in [2.24, 2.45) is 5.73 Å². The van der Waals surface area contributed by atoms with Gasteiger partial charge in [-0.2, -0.15) is 0 Å². The zero-order valence-corrected chi connectivity index (χ0v) is 11.8. The van der Waals surface area contributed by atoms with E-state index < -0.39 is 0 Å². The second kappa shape index (κ2) is 5.47. The molecule has 2 rings (SSSR count). The third-order valence-electron chi connectivity index (χ3n) is 3.39. The molecule has 0 saturated carbocycles. The standard InChI is InChI=1S/C14H21ClN2O/c1-14(2)10-18-8-7-17(14)13-4-3-12(15)9-11(13)5-6-16/h3-4,9H,5-8,10,16H2,1-2H3. The van der Waals surface area contributed by atoms with E-state index in [1.54, 1.807) is 0 Å². The molecule has 1 aromatic carbocycles. The summed E-state index contributed by atoms with van der Waals surface area (Å²) in [5.74, 6) is 0. The Labute approximate surface area is 114 Å². The lowest BCUT2D eigenvalue weighted by Crippen LogP contribution is -2.53. The lowest BCUT2D eigenvalue weighted by Gasteiger charge is -2.44. The van der Waals surface area contributed by atoms with Crippen LogP contribution in [0.5, 0.6) is 0 Å². The second-order valence-corrected chi connectivity index (χ2v) is 5.76. The Morgan fingerprint density at radius 3 is 2.89 bits per heavy atom. The van der Waals surface area contributed by atoms with Gasteiger partial charge in [-0.1, -0.05) is 11.6 Å². The molecule has 18 heavy (non-hydrogen) atoms. The van der Waals surface area contributed by atoms with Crippen LogP contribution >= 0.6 is 11.6 Å². The molecular weight excluding hydrogens is 248 g/mol. The van der Waals surface area contributed by atoms with Crippen LogP contribution in [0.4, 0.5) is 5.69 Å². The monoisotopic (exact) mass is 268 g/mol. The molecule has 1 saturated heterocycles. The van der Waals surface area contributed by atoms with Crippen LogP contribution in [-0.4, -0.2) is 31.8 Å². The quantitative estimate of drug-likeness (QED) is 0.915. The second-order valence-electron chi connectivity index (χ2n) is 5.33. The summed E-state index contributed by atoms with van der Waals surface area (Å²) in [6.07, 6.45) is 0.851. The van der Waals surface area contributed by atoms with Crippen LogP contribution in [0.1, 0.15) is 19.4 Å². The van der Waals surface area contributed by atoms with E-state index in [9.17, 15) is 0 Å². The van der Waals surface area contributed by atoms with Gasteiger partial charge in [-0.3, -0.25) is 0 Å².